The topological polar surface area (TPSA) is 81.7 Å². The number of para-hydroxylation sites is 1. The number of rotatable bonds is 5. The first-order valence-corrected chi connectivity index (χ1v) is 7.81. The molecule has 0 aliphatic carbocycles. The monoisotopic (exact) mass is 409 g/mol. The average Bonchev–Trinajstić information content (AvgIpc) is 2.59. The molecule has 2 rings (SSSR count). The number of hydrogen-bond donors (Lipinski definition) is 1. The minimum absolute atomic E-state index is 0.0604. The summed E-state index contributed by atoms with van der Waals surface area (Å²) >= 11 is 3.03. The van der Waals surface area contributed by atoms with Crippen LogP contribution in [0.25, 0.3) is 0 Å². The van der Waals surface area contributed by atoms with Gasteiger partial charge in [-0.05, 0) is 46.3 Å². The molecule has 130 valence electrons. The van der Waals surface area contributed by atoms with Gasteiger partial charge in [0.1, 0.15) is 11.6 Å². The quantitative estimate of drug-likeness (QED) is 0.767. The molecular weight excluding hydrogens is 397 g/mol. The smallest absolute Gasteiger partial charge is 0.339 e. The fourth-order valence-electron chi connectivity index (χ4n) is 1.93. The van der Waals surface area contributed by atoms with Crippen molar-refractivity contribution in [2.45, 2.75) is 0 Å². The maximum Gasteiger partial charge on any atom is 0.339 e. The third kappa shape index (κ3) is 4.87. The maximum absolute atomic E-state index is 13.0. The molecule has 2 amide bonds. The maximum atomic E-state index is 13.0. The molecule has 8 heteroatoms. The lowest BCUT2D eigenvalue weighted by atomic mass is 10.2. The zero-order valence-electron chi connectivity index (χ0n) is 13.0. The number of halogens is 2. The molecule has 0 bridgehead atoms. The lowest BCUT2D eigenvalue weighted by molar-refractivity contribution is -0.123. The van der Waals surface area contributed by atoms with Crippen LogP contribution in [0.5, 0.6) is 5.75 Å². The van der Waals surface area contributed by atoms with Gasteiger partial charge in [-0.3, -0.25) is 14.9 Å². The van der Waals surface area contributed by atoms with Crippen molar-refractivity contribution in [1.29, 1.82) is 0 Å². The molecule has 0 spiro atoms. The Labute approximate surface area is 151 Å². The van der Waals surface area contributed by atoms with E-state index in [4.69, 9.17) is 9.47 Å². The molecule has 25 heavy (non-hydrogen) atoms. The number of amides is 2. The van der Waals surface area contributed by atoms with Gasteiger partial charge in [-0.2, -0.15) is 0 Å². The fraction of sp³-hybridized carbons (Fsp3) is 0.118. The Balaban J connectivity index is 1.94. The first-order chi connectivity index (χ1) is 11.9. The van der Waals surface area contributed by atoms with Crippen molar-refractivity contribution < 1.29 is 28.2 Å². The summed E-state index contributed by atoms with van der Waals surface area (Å²) in [5.74, 6) is -2.53. The number of carbonyl (C=O) groups is 3. The van der Waals surface area contributed by atoms with E-state index in [1.165, 1.54) is 19.2 Å². The molecule has 0 aliphatic rings. The van der Waals surface area contributed by atoms with Gasteiger partial charge in [0.2, 0.25) is 0 Å². The molecule has 2 aromatic rings. The summed E-state index contributed by atoms with van der Waals surface area (Å²) < 4.78 is 23.0. The van der Waals surface area contributed by atoms with Gasteiger partial charge in [0.25, 0.3) is 11.8 Å². The Morgan fingerprint density at radius 3 is 2.52 bits per heavy atom. The second-order valence-electron chi connectivity index (χ2n) is 4.78. The van der Waals surface area contributed by atoms with E-state index in [1.807, 2.05) is 0 Å². The molecule has 0 aromatic heterocycles. The van der Waals surface area contributed by atoms with Crippen molar-refractivity contribution in [3.63, 3.8) is 0 Å². The SMILES string of the molecule is COc1ccccc1C(=O)NC(=O)COC(=O)c1ccc(F)cc1Br. The first kappa shape index (κ1) is 18.6. The van der Waals surface area contributed by atoms with Crippen molar-refractivity contribution in [3.05, 3.63) is 63.9 Å². The number of nitrogens with one attached hydrogen (secondary N) is 1. The van der Waals surface area contributed by atoms with Gasteiger partial charge in [-0.15, -0.1) is 0 Å². The van der Waals surface area contributed by atoms with Gasteiger partial charge >= 0.3 is 5.97 Å². The van der Waals surface area contributed by atoms with Crippen molar-refractivity contribution in [2.75, 3.05) is 13.7 Å². The molecule has 0 saturated heterocycles. The third-order valence-corrected chi connectivity index (χ3v) is 3.75. The number of ether oxygens (including phenoxy) is 2. The highest BCUT2D eigenvalue weighted by molar-refractivity contribution is 9.10. The summed E-state index contributed by atoms with van der Waals surface area (Å²) in [5.41, 5.74) is 0.233. The van der Waals surface area contributed by atoms with Gasteiger partial charge in [0.05, 0.1) is 18.2 Å². The van der Waals surface area contributed by atoms with Gasteiger partial charge in [0.15, 0.2) is 6.61 Å². The van der Waals surface area contributed by atoms with Crippen LogP contribution >= 0.6 is 15.9 Å². The number of methoxy groups -OCH3 is 1. The molecule has 0 unspecified atom stereocenters. The normalized spacial score (nSPS) is 10.0. The number of imide groups is 1. The van der Waals surface area contributed by atoms with Gasteiger partial charge in [-0.25, -0.2) is 9.18 Å². The van der Waals surface area contributed by atoms with Gasteiger partial charge in [-0.1, -0.05) is 12.1 Å². The second-order valence-corrected chi connectivity index (χ2v) is 5.63. The third-order valence-electron chi connectivity index (χ3n) is 3.09. The molecule has 1 N–H and O–H groups in total. The Hall–Kier alpha value is -2.74. The van der Waals surface area contributed by atoms with Crippen molar-refractivity contribution in [3.8, 4) is 5.75 Å². The number of esters is 1. The Morgan fingerprint density at radius 2 is 1.84 bits per heavy atom. The second kappa shape index (κ2) is 8.39. The predicted octanol–water partition coefficient (Wildman–Crippen LogP) is 2.71. The molecular formula is C17H13BrFNO5. The van der Waals surface area contributed by atoms with Gasteiger partial charge < -0.3 is 9.47 Å². The molecule has 0 heterocycles. The molecule has 0 aliphatic heterocycles. The molecule has 0 radical (unpaired) electrons. The van der Waals surface area contributed by atoms with E-state index in [1.54, 1.807) is 18.2 Å². The Kier molecular flexibility index (Phi) is 6.24. The summed E-state index contributed by atoms with van der Waals surface area (Å²) in [6.07, 6.45) is 0. The van der Waals surface area contributed by atoms with Crippen LogP contribution in [0.3, 0.4) is 0 Å². The van der Waals surface area contributed by atoms with Crippen LogP contribution < -0.4 is 10.1 Å². The number of benzene rings is 2. The van der Waals surface area contributed by atoms with E-state index in [0.717, 1.165) is 12.1 Å². The van der Waals surface area contributed by atoms with Crippen LogP contribution in [0.1, 0.15) is 20.7 Å². The highest BCUT2D eigenvalue weighted by Crippen LogP contribution is 2.19. The molecule has 0 fully saturated rings. The molecule has 0 atom stereocenters. The van der Waals surface area contributed by atoms with Crippen LogP contribution in [0.4, 0.5) is 4.39 Å². The van der Waals surface area contributed by atoms with Crippen LogP contribution in [0.15, 0.2) is 46.9 Å². The highest BCUT2D eigenvalue weighted by atomic mass is 79.9. The summed E-state index contributed by atoms with van der Waals surface area (Å²) in [4.78, 5) is 35.7. The zero-order valence-corrected chi connectivity index (χ0v) is 14.6. The van der Waals surface area contributed by atoms with Crippen molar-refractivity contribution in [1.82, 2.24) is 5.32 Å². The summed E-state index contributed by atoms with van der Waals surface area (Å²) in [5, 5.41) is 2.09. The Bertz CT molecular complexity index is 824. The summed E-state index contributed by atoms with van der Waals surface area (Å²) in [6.45, 7) is -0.663. The van der Waals surface area contributed by atoms with E-state index < -0.39 is 30.2 Å². The van der Waals surface area contributed by atoms with Crippen LogP contribution in [0, 0.1) is 5.82 Å². The number of carbonyl (C=O) groups excluding carboxylic acids is 3. The van der Waals surface area contributed by atoms with E-state index in [-0.39, 0.29) is 15.6 Å². The average molecular weight is 410 g/mol. The van der Waals surface area contributed by atoms with Crippen molar-refractivity contribution >= 4 is 33.7 Å². The van der Waals surface area contributed by atoms with E-state index >= 15 is 0 Å². The minimum Gasteiger partial charge on any atom is -0.496 e. The standard InChI is InChI=1S/C17H13BrFNO5/c1-24-14-5-3-2-4-12(14)16(22)20-15(21)9-25-17(23)11-7-6-10(19)8-13(11)18/h2-8H,9H2,1H3,(H,20,21,22). The summed E-state index contributed by atoms with van der Waals surface area (Å²) in [6, 6.07) is 9.77. The van der Waals surface area contributed by atoms with Crippen molar-refractivity contribution in [2.24, 2.45) is 0 Å². The van der Waals surface area contributed by atoms with Crippen LogP contribution in [0.2, 0.25) is 0 Å². The van der Waals surface area contributed by atoms with E-state index in [2.05, 4.69) is 21.2 Å². The number of hydrogen-bond acceptors (Lipinski definition) is 5. The predicted molar refractivity (Wildman–Crippen MR) is 89.8 cm³/mol. The zero-order chi connectivity index (χ0) is 18.4. The van der Waals surface area contributed by atoms with Crippen LogP contribution in [-0.2, 0) is 9.53 Å². The van der Waals surface area contributed by atoms with Gasteiger partial charge in [0, 0.05) is 4.47 Å². The molecule has 6 nitrogen and oxygen atoms in total. The first-order valence-electron chi connectivity index (χ1n) is 7.01. The van der Waals surface area contributed by atoms with E-state index in [9.17, 15) is 18.8 Å². The highest BCUT2D eigenvalue weighted by Gasteiger charge is 2.17. The lowest BCUT2D eigenvalue weighted by Gasteiger charge is -2.09. The largest absolute Gasteiger partial charge is 0.496 e. The molecule has 0 saturated carbocycles. The minimum atomic E-state index is -0.827. The van der Waals surface area contributed by atoms with Crippen LogP contribution in [-0.4, -0.2) is 31.5 Å². The fourth-order valence-corrected chi connectivity index (χ4v) is 2.44. The molecule has 2 aromatic carbocycles. The van der Waals surface area contributed by atoms with E-state index in [0.29, 0.717) is 5.75 Å². The summed E-state index contributed by atoms with van der Waals surface area (Å²) in [7, 11) is 1.40. The lowest BCUT2D eigenvalue weighted by Crippen LogP contribution is -2.34. The Morgan fingerprint density at radius 1 is 1.12 bits per heavy atom.